The number of fused-ring (bicyclic) bond motifs is 2. The van der Waals surface area contributed by atoms with Gasteiger partial charge in [0.25, 0.3) is 0 Å². The summed E-state index contributed by atoms with van der Waals surface area (Å²) >= 11 is 0. The molecule has 1 atom stereocenters. The summed E-state index contributed by atoms with van der Waals surface area (Å²) in [6, 6.07) is 5.78. The monoisotopic (exact) mass is 482 g/mol. The molecule has 2 aliphatic rings. The van der Waals surface area contributed by atoms with Gasteiger partial charge in [0.05, 0.1) is 47.2 Å². The molecule has 0 saturated heterocycles. The first-order chi connectivity index (χ1) is 16.8. The second-order valence-electron chi connectivity index (χ2n) is 9.55. The molecule has 0 spiro atoms. The van der Waals surface area contributed by atoms with Crippen molar-refractivity contribution < 1.29 is 18.3 Å². The Morgan fingerprint density at radius 3 is 2.74 bits per heavy atom. The summed E-state index contributed by atoms with van der Waals surface area (Å²) in [5.41, 5.74) is 3.23. The summed E-state index contributed by atoms with van der Waals surface area (Å²) in [5, 5.41) is 7.96. The maximum absolute atomic E-state index is 13.3. The van der Waals surface area contributed by atoms with E-state index in [1.54, 1.807) is 24.6 Å². The fraction of sp³-hybridized carbons (Fsp3) is 0.480. The van der Waals surface area contributed by atoms with E-state index in [1.165, 1.54) is 7.11 Å². The van der Waals surface area contributed by atoms with Gasteiger partial charge in [-0.2, -0.15) is 0 Å². The van der Waals surface area contributed by atoms with Gasteiger partial charge >= 0.3 is 5.97 Å². The predicted molar refractivity (Wildman–Crippen MR) is 128 cm³/mol. The van der Waals surface area contributed by atoms with Gasteiger partial charge in [-0.05, 0) is 57.7 Å². The Morgan fingerprint density at radius 1 is 1.26 bits per heavy atom. The van der Waals surface area contributed by atoms with Crippen LogP contribution in [0.5, 0.6) is 0 Å². The minimum Gasteiger partial charge on any atom is -0.469 e. The molecule has 0 radical (unpaired) electrons. The number of hydrogen-bond acceptors (Lipinski definition) is 7. The van der Waals surface area contributed by atoms with Gasteiger partial charge in [0.15, 0.2) is 0 Å². The number of nitrogens with zero attached hydrogens (tertiary/aromatic N) is 5. The molecule has 3 aromatic heterocycles. The molecule has 35 heavy (non-hydrogen) atoms. The number of carbonyl (C=O) groups is 1. The van der Waals surface area contributed by atoms with Crippen molar-refractivity contribution in [2.24, 2.45) is 10.9 Å². The number of pyridine rings is 1. The standard InChI is InChI=1S/C25H28F2N6O2/c1-14-25(2,12-21(26)27)22-19(29-14)9-8-18(31-22)17-10-11-33-20(17)13-28-24(32-33)30-16-6-4-15(5-7-16)23(34)35-3/h8-11,13,15-16,21H,4-7,12H2,1-3H3,(H,30,32)/t15?,16?,25-/m0/s1. The maximum atomic E-state index is 13.3. The Labute approximate surface area is 201 Å². The summed E-state index contributed by atoms with van der Waals surface area (Å²) in [6.45, 7) is 3.56. The SMILES string of the molecule is COC(=O)C1CCC(Nc2ncc3c(-c4ccc5c(n4)[C@@](C)(CC(F)F)C(C)=N5)ccn3n2)CC1. The molecule has 8 nitrogen and oxygen atoms in total. The molecule has 1 N–H and O–H groups in total. The van der Waals surface area contributed by atoms with Crippen LogP contribution in [0.15, 0.2) is 35.6 Å². The number of ether oxygens (including phenoxy) is 1. The molecule has 5 rings (SSSR count). The van der Waals surface area contributed by atoms with E-state index in [4.69, 9.17) is 9.72 Å². The number of aromatic nitrogens is 4. The fourth-order valence-corrected chi connectivity index (χ4v) is 5.13. The molecule has 184 valence electrons. The number of hydrogen-bond donors (Lipinski definition) is 1. The van der Waals surface area contributed by atoms with E-state index in [0.717, 1.165) is 36.8 Å². The van der Waals surface area contributed by atoms with Crippen molar-refractivity contribution in [2.45, 2.75) is 63.8 Å². The zero-order valence-corrected chi connectivity index (χ0v) is 20.0. The number of nitrogens with one attached hydrogen (secondary N) is 1. The van der Waals surface area contributed by atoms with E-state index >= 15 is 0 Å². The van der Waals surface area contributed by atoms with Crippen molar-refractivity contribution in [2.75, 3.05) is 12.4 Å². The molecule has 3 aromatic rings. The smallest absolute Gasteiger partial charge is 0.308 e. The third-order valence-electron chi connectivity index (χ3n) is 7.33. The van der Waals surface area contributed by atoms with Crippen molar-refractivity contribution in [3.63, 3.8) is 0 Å². The topological polar surface area (TPSA) is 93.8 Å². The van der Waals surface area contributed by atoms with E-state index in [2.05, 4.69) is 20.4 Å². The Bertz CT molecular complexity index is 1300. The summed E-state index contributed by atoms with van der Waals surface area (Å²) in [4.78, 5) is 25.5. The molecule has 0 amide bonds. The third-order valence-corrected chi connectivity index (χ3v) is 7.33. The fourth-order valence-electron chi connectivity index (χ4n) is 5.13. The molecule has 0 aromatic carbocycles. The highest BCUT2D eigenvalue weighted by Gasteiger charge is 2.41. The Hall–Kier alpha value is -3.43. The second kappa shape index (κ2) is 8.98. The number of halogens is 2. The maximum Gasteiger partial charge on any atom is 0.308 e. The van der Waals surface area contributed by atoms with Crippen LogP contribution >= 0.6 is 0 Å². The molecule has 10 heteroatoms. The van der Waals surface area contributed by atoms with Gasteiger partial charge in [-0.15, -0.1) is 5.10 Å². The average Bonchev–Trinajstić information content (AvgIpc) is 3.36. The van der Waals surface area contributed by atoms with Crippen molar-refractivity contribution in [1.82, 2.24) is 19.6 Å². The van der Waals surface area contributed by atoms with Gasteiger partial charge in [0.1, 0.15) is 0 Å². The first kappa shape index (κ1) is 23.3. The van der Waals surface area contributed by atoms with Crippen molar-refractivity contribution in [1.29, 1.82) is 0 Å². The molecule has 0 unspecified atom stereocenters. The van der Waals surface area contributed by atoms with Crippen LogP contribution in [0.1, 0.15) is 51.6 Å². The van der Waals surface area contributed by atoms with Crippen LogP contribution in [0.25, 0.3) is 16.8 Å². The Balaban J connectivity index is 1.36. The third kappa shape index (κ3) is 4.26. The molecule has 1 aliphatic heterocycles. The van der Waals surface area contributed by atoms with Crippen LogP contribution in [0, 0.1) is 5.92 Å². The normalized spacial score (nSPS) is 23.9. The van der Waals surface area contributed by atoms with Crippen molar-refractivity contribution >= 4 is 28.8 Å². The highest BCUT2D eigenvalue weighted by atomic mass is 19.3. The molecule has 4 heterocycles. The lowest BCUT2D eigenvalue weighted by atomic mass is 9.80. The predicted octanol–water partition coefficient (Wildman–Crippen LogP) is 4.95. The number of rotatable bonds is 6. The van der Waals surface area contributed by atoms with Gasteiger partial charge < -0.3 is 10.1 Å². The number of alkyl halides is 2. The summed E-state index contributed by atoms with van der Waals surface area (Å²) in [6.07, 6.45) is 4.04. The van der Waals surface area contributed by atoms with Crippen molar-refractivity contribution in [3.8, 4) is 11.3 Å². The average molecular weight is 483 g/mol. The molecular weight excluding hydrogens is 454 g/mol. The second-order valence-corrected chi connectivity index (χ2v) is 9.55. The number of methoxy groups -OCH3 is 1. The molecule has 1 aliphatic carbocycles. The molecule has 0 bridgehead atoms. The van der Waals surface area contributed by atoms with E-state index < -0.39 is 11.8 Å². The van der Waals surface area contributed by atoms with E-state index in [0.29, 0.717) is 28.7 Å². The lowest BCUT2D eigenvalue weighted by Crippen LogP contribution is -2.31. The number of esters is 1. The highest BCUT2D eigenvalue weighted by molar-refractivity contribution is 5.99. The van der Waals surface area contributed by atoms with Crippen LogP contribution in [-0.4, -0.2) is 50.8 Å². The van der Waals surface area contributed by atoms with Gasteiger partial charge in [0.2, 0.25) is 12.4 Å². The first-order valence-corrected chi connectivity index (χ1v) is 11.8. The van der Waals surface area contributed by atoms with Crippen LogP contribution < -0.4 is 5.32 Å². The molecule has 1 saturated carbocycles. The summed E-state index contributed by atoms with van der Waals surface area (Å²) in [5.74, 6) is 0.332. The van der Waals surface area contributed by atoms with E-state index in [9.17, 15) is 13.6 Å². The van der Waals surface area contributed by atoms with Gasteiger partial charge in [0, 0.05) is 29.9 Å². The van der Waals surface area contributed by atoms with Gasteiger partial charge in [-0.3, -0.25) is 9.79 Å². The lowest BCUT2D eigenvalue weighted by Gasteiger charge is -2.27. The first-order valence-electron chi connectivity index (χ1n) is 11.8. The van der Waals surface area contributed by atoms with Crippen LogP contribution in [0.4, 0.5) is 20.4 Å². The minimum atomic E-state index is -2.45. The molecular formula is C25H28F2N6O2. The largest absolute Gasteiger partial charge is 0.469 e. The highest BCUT2D eigenvalue weighted by Crippen LogP contribution is 2.43. The zero-order chi connectivity index (χ0) is 24.7. The minimum absolute atomic E-state index is 0.0370. The van der Waals surface area contributed by atoms with Gasteiger partial charge in [-0.1, -0.05) is 0 Å². The van der Waals surface area contributed by atoms with Gasteiger partial charge in [-0.25, -0.2) is 23.3 Å². The van der Waals surface area contributed by atoms with Crippen LogP contribution in [0.3, 0.4) is 0 Å². The van der Waals surface area contributed by atoms with E-state index in [1.807, 2.05) is 24.4 Å². The van der Waals surface area contributed by atoms with Crippen LogP contribution in [0.2, 0.25) is 0 Å². The van der Waals surface area contributed by atoms with Crippen molar-refractivity contribution in [3.05, 3.63) is 36.3 Å². The number of aliphatic imine (C=N–C) groups is 1. The Morgan fingerprint density at radius 2 is 2.03 bits per heavy atom. The molecule has 1 fully saturated rings. The summed E-state index contributed by atoms with van der Waals surface area (Å²) in [7, 11) is 1.43. The van der Waals surface area contributed by atoms with Crippen LogP contribution in [-0.2, 0) is 14.9 Å². The zero-order valence-electron chi connectivity index (χ0n) is 20.0. The quantitative estimate of drug-likeness (QED) is 0.500. The Kier molecular flexibility index (Phi) is 5.98. The lowest BCUT2D eigenvalue weighted by molar-refractivity contribution is -0.146. The number of carbonyl (C=O) groups excluding carboxylic acids is 1. The van der Waals surface area contributed by atoms with E-state index in [-0.39, 0.29) is 24.3 Å². The number of anilines is 1. The summed E-state index contributed by atoms with van der Waals surface area (Å²) < 4.78 is 33.2.